The molecule has 1 aromatic carbocycles. The van der Waals surface area contributed by atoms with Crippen molar-refractivity contribution in [1.29, 1.82) is 0 Å². The minimum atomic E-state index is -1.02. The van der Waals surface area contributed by atoms with Gasteiger partial charge in [0.15, 0.2) is 0 Å². The lowest BCUT2D eigenvalue weighted by molar-refractivity contribution is -0.138. The van der Waals surface area contributed by atoms with E-state index >= 15 is 0 Å². The standard InChI is InChI=1S/C8H8BrNO2.ClH/c9-6-3-1-2-5(4-6)7(10)8(11)12;/h1-4,7H,10H2,(H,11,12);1H. The van der Waals surface area contributed by atoms with Gasteiger partial charge >= 0.3 is 5.97 Å². The smallest absolute Gasteiger partial charge is 0.325 e. The summed E-state index contributed by atoms with van der Waals surface area (Å²) in [5.41, 5.74) is 5.98. The maximum atomic E-state index is 10.5. The second-order valence-electron chi connectivity index (χ2n) is 2.37. The van der Waals surface area contributed by atoms with Gasteiger partial charge in [-0.25, -0.2) is 0 Å². The molecule has 0 aliphatic carbocycles. The van der Waals surface area contributed by atoms with E-state index in [9.17, 15) is 4.79 Å². The van der Waals surface area contributed by atoms with Crippen molar-refractivity contribution in [3.05, 3.63) is 34.3 Å². The van der Waals surface area contributed by atoms with Gasteiger partial charge in [0.1, 0.15) is 6.04 Å². The molecule has 5 heteroatoms. The number of nitrogens with two attached hydrogens (primary N) is 1. The molecular weight excluding hydrogens is 257 g/mol. The Hall–Kier alpha value is -0.580. The third-order valence-electron chi connectivity index (χ3n) is 1.47. The lowest BCUT2D eigenvalue weighted by Crippen LogP contribution is -2.20. The fourth-order valence-corrected chi connectivity index (χ4v) is 1.26. The Morgan fingerprint density at radius 2 is 2.15 bits per heavy atom. The molecule has 0 aliphatic heterocycles. The van der Waals surface area contributed by atoms with Gasteiger partial charge in [-0.15, -0.1) is 12.4 Å². The maximum absolute atomic E-state index is 10.5. The van der Waals surface area contributed by atoms with E-state index in [4.69, 9.17) is 10.8 Å². The van der Waals surface area contributed by atoms with Gasteiger partial charge in [-0.05, 0) is 17.7 Å². The Morgan fingerprint density at radius 1 is 1.54 bits per heavy atom. The van der Waals surface area contributed by atoms with Crippen LogP contribution in [0.4, 0.5) is 0 Å². The number of benzene rings is 1. The molecule has 13 heavy (non-hydrogen) atoms. The lowest BCUT2D eigenvalue weighted by Gasteiger charge is -2.05. The molecule has 0 aromatic heterocycles. The molecular formula is C8H9BrClNO2. The van der Waals surface area contributed by atoms with Crippen molar-refractivity contribution >= 4 is 34.3 Å². The molecule has 0 aliphatic rings. The van der Waals surface area contributed by atoms with Crippen molar-refractivity contribution in [3.8, 4) is 0 Å². The summed E-state index contributed by atoms with van der Waals surface area (Å²) in [6, 6.07) is 6.00. The zero-order valence-electron chi connectivity index (χ0n) is 6.61. The van der Waals surface area contributed by atoms with Crippen molar-refractivity contribution in [3.63, 3.8) is 0 Å². The van der Waals surface area contributed by atoms with E-state index in [1.54, 1.807) is 18.2 Å². The highest BCUT2D eigenvalue weighted by Gasteiger charge is 2.13. The second kappa shape index (κ2) is 5.21. The summed E-state index contributed by atoms with van der Waals surface area (Å²) in [6.07, 6.45) is 0. The van der Waals surface area contributed by atoms with Gasteiger partial charge < -0.3 is 10.8 Å². The molecule has 3 N–H and O–H groups in total. The average Bonchev–Trinajstić information content (AvgIpc) is 2.03. The highest BCUT2D eigenvalue weighted by Crippen LogP contribution is 2.16. The van der Waals surface area contributed by atoms with Crippen molar-refractivity contribution < 1.29 is 9.90 Å². The summed E-state index contributed by atoms with van der Waals surface area (Å²) in [4.78, 5) is 10.5. The number of carboxylic acid groups (broad SMARTS) is 1. The molecule has 0 amide bonds. The molecule has 1 atom stereocenters. The predicted octanol–water partition coefficient (Wildman–Crippen LogP) is 1.96. The molecule has 0 heterocycles. The van der Waals surface area contributed by atoms with E-state index < -0.39 is 12.0 Å². The van der Waals surface area contributed by atoms with E-state index in [-0.39, 0.29) is 12.4 Å². The fraction of sp³-hybridized carbons (Fsp3) is 0.125. The number of carbonyl (C=O) groups is 1. The van der Waals surface area contributed by atoms with Crippen molar-refractivity contribution in [1.82, 2.24) is 0 Å². The van der Waals surface area contributed by atoms with Crippen LogP contribution in [0.25, 0.3) is 0 Å². The molecule has 72 valence electrons. The minimum Gasteiger partial charge on any atom is -0.480 e. The van der Waals surface area contributed by atoms with Crippen LogP contribution in [-0.4, -0.2) is 11.1 Å². The van der Waals surface area contributed by atoms with Crippen LogP contribution in [0, 0.1) is 0 Å². The summed E-state index contributed by atoms with van der Waals surface area (Å²) >= 11 is 3.23. The van der Waals surface area contributed by atoms with Gasteiger partial charge in [-0.2, -0.15) is 0 Å². The first-order chi connectivity index (χ1) is 5.61. The Morgan fingerprint density at radius 3 is 2.62 bits per heavy atom. The summed E-state index contributed by atoms with van der Waals surface area (Å²) in [7, 11) is 0. The first-order valence-electron chi connectivity index (χ1n) is 3.35. The summed E-state index contributed by atoms with van der Waals surface area (Å²) < 4.78 is 0.830. The SMILES string of the molecule is Cl.NC(C(=O)O)c1cccc(Br)c1. The molecule has 0 saturated carbocycles. The summed E-state index contributed by atoms with van der Waals surface area (Å²) in [6.45, 7) is 0. The number of rotatable bonds is 2. The van der Waals surface area contributed by atoms with Crippen LogP contribution < -0.4 is 5.73 Å². The van der Waals surface area contributed by atoms with Gasteiger partial charge in [0.25, 0.3) is 0 Å². The quantitative estimate of drug-likeness (QED) is 0.860. The Balaban J connectivity index is 0.00000144. The second-order valence-corrected chi connectivity index (χ2v) is 3.29. The molecule has 0 saturated heterocycles. The molecule has 0 spiro atoms. The predicted molar refractivity (Wildman–Crippen MR) is 56.0 cm³/mol. The fourth-order valence-electron chi connectivity index (χ4n) is 0.843. The number of halogens is 2. The highest BCUT2D eigenvalue weighted by molar-refractivity contribution is 9.10. The van der Waals surface area contributed by atoms with E-state index in [1.165, 1.54) is 0 Å². The van der Waals surface area contributed by atoms with E-state index in [2.05, 4.69) is 15.9 Å². The Kier molecular flexibility index (Phi) is 4.98. The Labute approximate surface area is 90.5 Å². The number of hydrogen-bond acceptors (Lipinski definition) is 2. The number of aliphatic carboxylic acids is 1. The van der Waals surface area contributed by atoms with Gasteiger partial charge in [-0.3, -0.25) is 4.79 Å². The van der Waals surface area contributed by atoms with Crippen LogP contribution in [0.2, 0.25) is 0 Å². The van der Waals surface area contributed by atoms with Gasteiger partial charge in [0, 0.05) is 4.47 Å². The van der Waals surface area contributed by atoms with Crippen LogP contribution in [0.15, 0.2) is 28.7 Å². The van der Waals surface area contributed by atoms with E-state index in [0.717, 1.165) is 4.47 Å². The van der Waals surface area contributed by atoms with Crippen LogP contribution in [0.3, 0.4) is 0 Å². The molecule has 0 radical (unpaired) electrons. The lowest BCUT2D eigenvalue weighted by atomic mass is 10.1. The van der Waals surface area contributed by atoms with Crippen LogP contribution in [0.5, 0.6) is 0 Å². The topological polar surface area (TPSA) is 63.3 Å². The minimum absolute atomic E-state index is 0. The summed E-state index contributed by atoms with van der Waals surface area (Å²) in [5.74, 6) is -1.02. The van der Waals surface area contributed by atoms with Crippen LogP contribution in [-0.2, 0) is 4.79 Å². The first kappa shape index (κ1) is 12.4. The average molecular weight is 267 g/mol. The third kappa shape index (κ3) is 3.34. The third-order valence-corrected chi connectivity index (χ3v) is 1.97. The van der Waals surface area contributed by atoms with Gasteiger partial charge in [0.2, 0.25) is 0 Å². The van der Waals surface area contributed by atoms with E-state index in [0.29, 0.717) is 5.56 Å². The maximum Gasteiger partial charge on any atom is 0.325 e. The van der Waals surface area contributed by atoms with Gasteiger partial charge in [0.05, 0.1) is 0 Å². The van der Waals surface area contributed by atoms with Crippen molar-refractivity contribution in [2.75, 3.05) is 0 Å². The first-order valence-corrected chi connectivity index (χ1v) is 4.14. The normalized spacial score (nSPS) is 11.5. The number of hydrogen-bond donors (Lipinski definition) is 2. The van der Waals surface area contributed by atoms with E-state index in [1.807, 2.05) is 6.07 Å². The largest absolute Gasteiger partial charge is 0.480 e. The molecule has 1 aromatic rings. The zero-order chi connectivity index (χ0) is 9.14. The molecule has 0 bridgehead atoms. The monoisotopic (exact) mass is 265 g/mol. The van der Waals surface area contributed by atoms with Crippen LogP contribution in [0.1, 0.15) is 11.6 Å². The Bertz CT molecular complexity index is 306. The number of carboxylic acids is 1. The van der Waals surface area contributed by atoms with Crippen molar-refractivity contribution in [2.24, 2.45) is 5.73 Å². The summed E-state index contributed by atoms with van der Waals surface area (Å²) in [5, 5.41) is 8.59. The highest BCUT2D eigenvalue weighted by atomic mass is 79.9. The van der Waals surface area contributed by atoms with Crippen molar-refractivity contribution in [2.45, 2.75) is 6.04 Å². The molecule has 1 unspecified atom stereocenters. The van der Waals surface area contributed by atoms with Crippen LogP contribution >= 0.6 is 28.3 Å². The molecule has 3 nitrogen and oxygen atoms in total. The molecule has 0 fully saturated rings. The molecule has 1 rings (SSSR count). The zero-order valence-corrected chi connectivity index (χ0v) is 9.01. The van der Waals surface area contributed by atoms with Gasteiger partial charge in [-0.1, -0.05) is 28.1 Å².